The largest absolute Gasteiger partial charge is 0.444 e. The smallest absolute Gasteiger partial charge is 0.411 e. The molecule has 2 aliphatic heterocycles. The number of benzene rings is 2. The van der Waals surface area contributed by atoms with Crippen LogP contribution in [0.3, 0.4) is 0 Å². The Labute approximate surface area is 293 Å². The highest BCUT2D eigenvalue weighted by Gasteiger charge is 2.52. The molecule has 2 saturated heterocycles. The van der Waals surface area contributed by atoms with Crippen LogP contribution in [-0.2, 0) is 9.47 Å². The predicted molar refractivity (Wildman–Crippen MR) is 190 cm³/mol. The number of nitrogens with one attached hydrogen (secondary N) is 2. The quantitative estimate of drug-likeness (QED) is 0.211. The first-order valence-electron chi connectivity index (χ1n) is 18.0. The van der Waals surface area contributed by atoms with Gasteiger partial charge in [0.15, 0.2) is 0 Å². The van der Waals surface area contributed by atoms with E-state index in [1.807, 2.05) is 100 Å². The Morgan fingerprint density at radius 2 is 1.30 bits per heavy atom. The maximum Gasteiger partial charge on any atom is 0.411 e. The average molecular weight is 675 g/mol. The fourth-order valence-electron chi connectivity index (χ4n) is 8.59. The van der Waals surface area contributed by atoms with Crippen molar-refractivity contribution >= 4 is 23.2 Å². The number of aromatic nitrogens is 4. The number of hydrogen-bond acceptors (Lipinski definition) is 6. The minimum atomic E-state index is -0.546. The van der Waals surface area contributed by atoms with E-state index in [1.165, 1.54) is 0 Å². The van der Waals surface area contributed by atoms with Crippen LogP contribution < -0.4 is 0 Å². The Bertz CT molecular complexity index is 2000. The van der Waals surface area contributed by atoms with Gasteiger partial charge in [0.05, 0.1) is 35.0 Å². The van der Waals surface area contributed by atoms with Crippen molar-refractivity contribution in [1.29, 1.82) is 0 Å². The van der Waals surface area contributed by atoms with Crippen LogP contribution in [0.15, 0.2) is 48.7 Å². The Morgan fingerprint density at radius 3 is 1.90 bits per heavy atom. The van der Waals surface area contributed by atoms with Crippen LogP contribution in [0.4, 0.5) is 9.59 Å². The summed E-state index contributed by atoms with van der Waals surface area (Å²) in [5, 5.41) is 0. The number of carbonyl (C=O) groups excluding carboxylic acids is 2. The maximum atomic E-state index is 13.2. The molecular weight excluding hydrogens is 628 g/mol. The molecule has 10 nitrogen and oxygen atoms in total. The van der Waals surface area contributed by atoms with Gasteiger partial charge in [-0.3, -0.25) is 9.80 Å². The van der Waals surface area contributed by atoms with Crippen LogP contribution in [0, 0.1) is 23.7 Å². The summed E-state index contributed by atoms with van der Waals surface area (Å²) < 4.78 is 11.6. The molecule has 2 aromatic carbocycles. The lowest BCUT2D eigenvalue weighted by atomic mass is 9.98. The van der Waals surface area contributed by atoms with Crippen LogP contribution >= 0.6 is 0 Å². The van der Waals surface area contributed by atoms with Crippen LogP contribution in [-0.4, -0.2) is 65.2 Å². The Hall–Kier alpha value is -4.78. The Morgan fingerprint density at radius 1 is 0.740 bits per heavy atom. The van der Waals surface area contributed by atoms with E-state index in [4.69, 9.17) is 19.4 Å². The molecule has 0 unspecified atom stereocenters. The molecule has 4 fully saturated rings. The monoisotopic (exact) mass is 674 g/mol. The summed E-state index contributed by atoms with van der Waals surface area (Å²) in [6.07, 6.45) is 7.55. The summed E-state index contributed by atoms with van der Waals surface area (Å²) in [4.78, 5) is 46.9. The number of aromatic amines is 2. The second-order valence-corrected chi connectivity index (χ2v) is 16.5. The van der Waals surface area contributed by atoms with E-state index < -0.39 is 11.2 Å². The Kier molecular flexibility index (Phi) is 7.73. The summed E-state index contributed by atoms with van der Waals surface area (Å²) >= 11 is 0. The highest BCUT2D eigenvalue weighted by molar-refractivity contribution is 5.78. The van der Waals surface area contributed by atoms with Crippen LogP contribution in [0.5, 0.6) is 0 Å². The molecule has 4 heterocycles. The number of hydrogen-bond donors (Lipinski definition) is 2. The first kappa shape index (κ1) is 32.4. The maximum absolute atomic E-state index is 13.2. The molecule has 2 amide bonds. The number of nitrogens with zero attached hydrogens (tertiary/aromatic N) is 4. The lowest BCUT2D eigenvalue weighted by Gasteiger charge is -2.35. The molecule has 0 radical (unpaired) electrons. The first-order valence-corrected chi connectivity index (χ1v) is 18.0. The van der Waals surface area contributed by atoms with Gasteiger partial charge in [-0.25, -0.2) is 19.6 Å². The molecule has 2 aromatic heterocycles. The molecular formula is C40H46N6O4. The highest BCUT2D eigenvalue weighted by atomic mass is 16.6. The summed E-state index contributed by atoms with van der Waals surface area (Å²) in [5.74, 6) is 9.00. The van der Waals surface area contributed by atoms with Crippen molar-refractivity contribution in [2.24, 2.45) is 11.8 Å². The van der Waals surface area contributed by atoms with Gasteiger partial charge in [0.25, 0.3) is 0 Å². The zero-order valence-electron chi connectivity index (χ0n) is 29.7. The predicted octanol–water partition coefficient (Wildman–Crippen LogP) is 8.27. The van der Waals surface area contributed by atoms with Crippen molar-refractivity contribution in [3.63, 3.8) is 0 Å². The normalized spacial score (nSPS) is 25.6. The second-order valence-electron chi connectivity index (χ2n) is 16.5. The van der Waals surface area contributed by atoms with Crippen molar-refractivity contribution in [1.82, 2.24) is 29.7 Å². The number of piperidine rings is 2. The average Bonchev–Trinajstić information content (AvgIpc) is 3.90. The van der Waals surface area contributed by atoms with Crippen LogP contribution in [0.1, 0.15) is 115 Å². The fraction of sp³-hybridized carbons (Fsp3) is 0.500. The Balaban J connectivity index is 0.967. The summed E-state index contributed by atoms with van der Waals surface area (Å²) in [6, 6.07) is 14.3. The molecule has 6 atom stereocenters. The molecule has 4 bridgehead atoms. The molecule has 260 valence electrons. The van der Waals surface area contributed by atoms with Crippen LogP contribution in [0.2, 0.25) is 0 Å². The van der Waals surface area contributed by atoms with Gasteiger partial charge in [0, 0.05) is 23.2 Å². The molecule has 8 rings (SSSR count). The zero-order chi connectivity index (χ0) is 34.9. The number of H-pyrrole nitrogens is 2. The topological polar surface area (TPSA) is 116 Å². The third-order valence-electron chi connectivity index (χ3n) is 10.6. The molecule has 4 aliphatic rings. The summed E-state index contributed by atoms with van der Waals surface area (Å²) in [7, 11) is 0. The number of imidazole rings is 2. The fourth-order valence-corrected chi connectivity index (χ4v) is 8.59. The van der Waals surface area contributed by atoms with E-state index in [0.717, 1.165) is 83.6 Å². The van der Waals surface area contributed by atoms with Gasteiger partial charge in [-0.2, -0.15) is 0 Å². The molecule has 4 aromatic rings. The second kappa shape index (κ2) is 11.9. The van der Waals surface area contributed by atoms with E-state index in [9.17, 15) is 9.59 Å². The molecule has 2 aliphatic carbocycles. The van der Waals surface area contributed by atoms with Crippen molar-refractivity contribution in [3.8, 4) is 23.1 Å². The SMILES string of the molecule is CC(C)(C)OC(=O)N1[C@@H]2CC[C@@H](C2)[C@H]1c1ncc(-c2ccc(C#Cc3ccc4[nH]c([C@@H]5[C@H]6CC[C@H](C6)N5C(=O)OC(C)(C)C)nc4c3)cc2)[nH]1. The van der Waals surface area contributed by atoms with E-state index in [-0.39, 0.29) is 36.4 Å². The zero-order valence-corrected chi connectivity index (χ0v) is 29.7. The van der Waals surface area contributed by atoms with Gasteiger partial charge in [-0.05, 0) is 128 Å². The van der Waals surface area contributed by atoms with Gasteiger partial charge < -0.3 is 19.4 Å². The van der Waals surface area contributed by atoms with Gasteiger partial charge in [0.1, 0.15) is 22.9 Å². The van der Waals surface area contributed by atoms with Crippen LogP contribution in [0.25, 0.3) is 22.3 Å². The third kappa shape index (κ3) is 6.12. The number of fused-ring (bicyclic) bond motifs is 5. The molecule has 50 heavy (non-hydrogen) atoms. The highest BCUT2D eigenvalue weighted by Crippen LogP contribution is 2.51. The lowest BCUT2D eigenvalue weighted by molar-refractivity contribution is 0.00524. The van der Waals surface area contributed by atoms with Gasteiger partial charge in [0.2, 0.25) is 0 Å². The van der Waals surface area contributed by atoms with Gasteiger partial charge in [-0.1, -0.05) is 24.0 Å². The minimum absolute atomic E-state index is 0.0948. The van der Waals surface area contributed by atoms with Crippen molar-refractivity contribution < 1.29 is 19.1 Å². The number of ether oxygens (including phenoxy) is 2. The van der Waals surface area contributed by atoms with Crippen molar-refractivity contribution in [2.45, 2.75) is 115 Å². The molecule has 2 N–H and O–H groups in total. The molecule has 10 heteroatoms. The van der Waals surface area contributed by atoms with E-state index in [2.05, 4.69) is 21.8 Å². The molecule has 2 saturated carbocycles. The van der Waals surface area contributed by atoms with Crippen molar-refractivity contribution in [3.05, 3.63) is 71.4 Å². The summed E-state index contributed by atoms with van der Waals surface area (Å²) in [6.45, 7) is 11.4. The standard InChI is InChI=1S/C40H46N6O4/c1-39(2,3)49-37(47)45-28-16-14-26(20-28)33(45)35-41-22-32(44-35)25-12-9-23(10-13-25)7-8-24-11-18-30-31(19-24)43-36(42-30)34-27-15-17-29(21-27)46(34)38(48)50-40(4,5)6/h9-13,18-19,22,26-29,33-34H,14-17,20-21H2,1-6H3,(H,41,44)(H,42,43)/t26-,27-,28+,29+,33-,34-/m0/s1. The number of likely N-dealkylation sites (tertiary alicyclic amines) is 2. The third-order valence-corrected chi connectivity index (χ3v) is 10.6. The van der Waals surface area contributed by atoms with Gasteiger partial charge in [-0.15, -0.1) is 0 Å². The van der Waals surface area contributed by atoms with Gasteiger partial charge >= 0.3 is 12.2 Å². The first-order chi connectivity index (χ1) is 23.8. The number of carbonyl (C=O) groups is 2. The molecule has 0 spiro atoms. The van der Waals surface area contributed by atoms with E-state index >= 15 is 0 Å². The van der Waals surface area contributed by atoms with E-state index in [1.54, 1.807) is 0 Å². The number of rotatable bonds is 3. The number of amides is 2. The summed E-state index contributed by atoms with van der Waals surface area (Å²) in [5.41, 5.74) is 4.37. The lowest BCUT2D eigenvalue weighted by Crippen LogP contribution is -2.43. The minimum Gasteiger partial charge on any atom is -0.444 e. The van der Waals surface area contributed by atoms with Crippen molar-refractivity contribution in [2.75, 3.05) is 0 Å². The van der Waals surface area contributed by atoms with E-state index in [0.29, 0.717) is 11.8 Å².